The normalized spacial score (nSPS) is 15.0. The maximum Gasteiger partial charge on any atom is 0.153 e. The van der Waals surface area contributed by atoms with Gasteiger partial charge in [-0.05, 0) is 36.6 Å². The Kier molecular flexibility index (Phi) is 6.35. The molecule has 0 spiro atoms. The summed E-state index contributed by atoms with van der Waals surface area (Å²) < 4.78 is 0. The molecule has 2 heterocycles. The molecule has 3 nitrogen and oxygen atoms in total. The molecule has 0 saturated carbocycles. The predicted octanol–water partition coefficient (Wildman–Crippen LogP) is 5.91. The van der Waals surface area contributed by atoms with E-state index in [0.29, 0.717) is 5.75 Å². The molecule has 27 heavy (non-hydrogen) atoms. The molecule has 0 aromatic heterocycles. The number of allylic oxidation sites excluding steroid dienone is 2. The molecule has 0 bridgehead atoms. The molecule has 0 fully saturated rings. The lowest BCUT2D eigenvalue weighted by Crippen LogP contribution is -2.26. The molecule has 0 atom stereocenters. The highest BCUT2D eigenvalue weighted by Gasteiger charge is 2.27. The van der Waals surface area contributed by atoms with Crippen LogP contribution in [0.4, 0.5) is 11.4 Å². The van der Waals surface area contributed by atoms with Crippen LogP contribution < -0.4 is 4.90 Å². The standard InChI is InChI=1S/C21H22N2OS2.ClH/c1-22-13-6-5-7-15(22)12-14-23-16-8-3-4-9-17(16)26-18-10-11-19(25-2)21(24)20(18)23;/h3-11,24H,12-14H2,1-2H3;1H. The zero-order valence-corrected chi connectivity index (χ0v) is 17.8. The summed E-state index contributed by atoms with van der Waals surface area (Å²) in [4.78, 5) is 7.84. The SMILES string of the molecule is CSc1ccc2c(c1O)N(CCC1=CC=CCN1C)c1ccccc1S2.Cl. The van der Waals surface area contributed by atoms with Crippen molar-refractivity contribution < 1.29 is 5.11 Å². The van der Waals surface area contributed by atoms with Crippen molar-refractivity contribution in [1.29, 1.82) is 0 Å². The van der Waals surface area contributed by atoms with Crippen LogP contribution in [0.1, 0.15) is 6.42 Å². The van der Waals surface area contributed by atoms with Gasteiger partial charge in [-0.2, -0.15) is 0 Å². The van der Waals surface area contributed by atoms with E-state index < -0.39 is 0 Å². The highest BCUT2D eigenvalue weighted by Crippen LogP contribution is 2.53. The number of hydrogen-bond acceptors (Lipinski definition) is 5. The van der Waals surface area contributed by atoms with Gasteiger partial charge in [0.05, 0.1) is 16.3 Å². The van der Waals surface area contributed by atoms with Crippen LogP contribution in [0.5, 0.6) is 5.75 Å². The van der Waals surface area contributed by atoms with Crippen molar-refractivity contribution in [2.75, 3.05) is 31.3 Å². The van der Waals surface area contributed by atoms with Crippen LogP contribution in [0.3, 0.4) is 0 Å². The number of rotatable bonds is 4. The number of benzene rings is 2. The molecular formula is C21H23ClN2OS2. The first kappa shape index (κ1) is 20.1. The van der Waals surface area contributed by atoms with Crippen molar-refractivity contribution in [3.8, 4) is 5.75 Å². The molecule has 0 amide bonds. The van der Waals surface area contributed by atoms with E-state index in [4.69, 9.17) is 0 Å². The summed E-state index contributed by atoms with van der Waals surface area (Å²) in [7, 11) is 2.13. The van der Waals surface area contributed by atoms with E-state index in [9.17, 15) is 5.11 Å². The number of phenolic OH excluding ortho intramolecular Hbond substituents is 1. The number of fused-ring (bicyclic) bond motifs is 2. The number of aromatic hydroxyl groups is 1. The van der Waals surface area contributed by atoms with Gasteiger partial charge in [0.2, 0.25) is 0 Å². The molecule has 0 radical (unpaired) electrons. The van der Waals surface area contributed by atoms with Gasteiger partial charge in [0.1, 0.15) is 0 Å². The molecule has 0 saturated heterocycles. The van der Waals surface area contributed by atoms with Gasteiger partial charge in [-0.1, -0.05) is 36.0 Å². The Morgan fingerprint density at radius 3 is 2.74 bits per heavy atom. The van der Waals surface area contributed by atoms with E-state index in [1.165, 1.54) is 16.3 Å². The van der Waals surface area contributed by atoms with Crippen LogP contribution in [-0.2, 0) is 0 Å². The highest BCUT2D eigenvalue weighted by molar-refractivity contribution is 8.00. The molecule has 2 aromatic carbocycles. The van der Waals surface area contributed by atoms with Crippen molar-refractivity contribution in [2.24, 2.45) is 0 Å². The first-order valence-electron chi connectivity index (χ1n) is 8.70. The molecule has 0 unspecified atom stereocenters. The van der Waals surface area contributed by atoms with E-state index in [-0.39, 0.29) is 12.4 Å². The molecule has 2 aromatic rings. The fourth-order valence-corrected chi connectivity index (χ4v) is 5.03. The number of nitrogens with zero attached hydrogens (tertiary/aromatic N) is 2. The second-order valence-corrected chi connectivity index (χ2v) is 8.33. The summed E-state index contributed by atoms with van der Waals surface area (Å²) in [6, 6.07) is 12.6. The maximum absolute atomic E-state index is 10.9. The number of likely N-dealkylation sites (N-methyl/N-ethyl adjacent to an activating group) is 1. The molecular weight excluding hydrogens is 396 g/mol. The molecule has 142 valence electrons. The van der Waals surface area contributed by atoms with Gasteiger partial charge in [0.15, 0.2) is 5.75 Å². The van der Waals surface area contributed by atoms with Crippen molar-refractivity contribution in [3.63, 3.8) is 0 Å². The summed E-state index contributed by atoms with van der Waals surface area (Å²) in [6.45, 7) is 1.79. The Bertz CT molecular complexity index is 898. The monoisotopic (exact) mass is 418 g/mol. The lowest BCUT2D eigenvalue weighted by Gasteiger charge is -2.35. The molecule has 1 N–H and O–H groups in total. The molecule has 0 aliphatic carbocycles. The van der Waals surface area contributed by atoms with E-state index in [1.807, 2.05) is 12.3 Å². The second kappa shape index (κ2) is 8.55. The molecule has 6 heteroatoms. The Hall–Kier alpha value is -1.69. The smallest absolute Gasteiger partial charge is 0.153 e. The van der Waals surface area contributed by atoms with Crippen molar-refractivity contribution >= 4 is 47.3 Å². The zero-order valence-electron chi connectivity index (χ0n) is 15.4. The lowest BCUT2D eigenvalue weighted by molar-refractivity contribution is 0.438. The van der Waals surface area contributed by atoms with E-state index in [1.54, 1.807) is 23.5 Å². The van der Waals surface area contributed by atoms with Crippen LogP contribution in [0.15, 0.2) is 75.0 Å². The van der Waals surface area contributed by atoms with Gasteiger partial charge in [0.25, 0.3) is 0 Å². The van der Waals surface area contributed by atoms with Crippen LogP contribution >= 0.6 is 35.9 Å². The molecule has 4 rings (SSSR count). The van der Waals surface area contributed by atoms with E-state index in [0.717, 1.165) is 35.0 Å². The van der Waals surface area contributed by atoms with Gasteiger partial charge < -0.3 is 14.9 Å². The average molecular weight is 419 g/mol. The molecule has 2 aliphatic heterocycles. The van der Waals surface area contributed by atoms with Gasteiger partial charge in [0, 0.05) is 42.0 Å². The first-order chi connectivity index (χ1) is 12.7. The Balaban J connectivity index is 0.00000210. The number of para-hydroxylation sites is 1. The first-order valence-corrected chi connectivity index (χ1v) is 10.7. The minimum absolute atomic E-state index is 0. The van der Waals surface area contributed by atoms with Crippen LogP contribution in [-0.4, -0.2) is 36.4 Å². The zero-order chi connectivity index (χ0) is 18.1. The number of phenols is 1. The van der Waals surface area contributed by atoms with Gasteiger partial charge >= 0.3 is 0 Å². The summed E-state index contributed by atoms with van der Waals surface area (Å²) >= 11 is 3.32. The second-order valence-electron chi connectivity index (χ2n) is 6.40. The predicted molar refractivity (Wildman–Crippen MR) is 119 cm³/mol. The topological polar surface area (TPSA) is 26.7 Å². The third kappa shape index (κ3) is 3.82. The van der Waals surface area contributed by atoms with E-state index >= 15 is 0 Å². The number of thioether (sulfide) groups is 1. The maximum atomic E-state index is 10.9. The largest absolute Gasteiger partial charge is 0.505 e. The third-order valence-corrected chi connectivity index (χ3v) is 6.71. The number of halogens is 1. The van der Waals surface area contributed by atoms with Gasteiger partial charge in [-0.3, -0.25) is 0 Å². The number of anilines is 2. The Morgan fingerprint density at radius 2 is 1.96 bits per heavy atom. The summed E-state index contributed by atoms with van der Waals surface area (Å²) in [6.07, 6.45) is 9.42. The van der Waals surface area contributed by atoms with Crippen LogP contribution in [0, 0.1) is 0 Å². The highest BCUT2D eigenvalue weighted by atomic mass is 35.5. The Morgan fingerprint density at radius 1 is 1.15 bits per heavy atom. The van der Waals surface area contributed by atoms with Crippen LogP contribution in [0.2, 0.25) is 0 Å². The fourth-order valence-electron chi connectivity index (χ4n) is 3.43. The fraction of sp³-hybridized carbons (Fsp3) is 0.238. The van der Waals surface area contributed by atoms with Gasteiger partial charge in [-0.15, -0.1) is 24.2 Å². The van der Waals surface area contributed by atoms with Crippen molar-refractivity contribution in [3.05, 3.63) is 60.3 Å². The van der Waals surface area contributed by atoms with E-state index in [2.05, 4.69) is 65.4 Å². The van der Waals surface area contributed by atoms with Gasteiger partial charge in [-0.25, -0.2) is 0 Å². The van der Waals surface area contributed by atoms with Crippen molar-refractivity contribution in [2.45, 2.75) is 21.1 Å². The summed E-state index contributed by atoms with van der Waals surface area (Å²) in [5.41, 5.74) is 3.44. The van der Waals surface area contributed by atoms with Crippen molar-refractivity contribution in [1.82, 2.24) is 4.90 Å². The van der Waals surface area contributed by atoms with Crippen LogP contribution in [0.25, 0.3) is 0 Å². The minimum atomic E-state index is 0. The quantitative estimate of drug-likeness (QED) is 0.622. The average Bonchev–Trinajstić information content (AvgIpc) is 2.67. The lowest BCUT2D eigenvalue weighted by atomic mass is 10.1. The summed E-state index contributed by atoms with van der Waals surface area (Å²) in [5, 5.41) is 10.9. The summed E-state index contributed by atoms with van der Waals surface area (Å²) in [5.74, 6) is 0.392. The Labute approximate surface area is 175 Å². The molecule has 2 aliphatic rings. The third-order valence-electron chi connectivity index (χ3n) is 4.83. The minimum Gasteiger partial charge on any atom is -0.505 e. The number of hydrogen-bond donors (Lipinski definition) is 1.